The molecule has 2 aromatic carbocycles. The molecule has 0 aliphatic heterocycles. The van der Waals surface area contributed by atoms with Crippen LogP contribution in [-0.2, 0) is 0 Å². The van der Waals surface area contributed by atoms with Crippen LogP contribution in [0.3, 0.4) is 0 Å². The molecule has 0 saturated carbocycles. The van der Waals surface area contributed by atoms with Gasteiger partial charge < -0.3 is 0 Å². The van der Waals surface area contributed by atoms with Crippen LogP contribution in [0.1, 0.15) is 12.0 Å². The number of halogens is 2. The molecule has 0 unspecified atom stereocenters. The molecule has 0 aliphatic carbocycles. The van der Waals surface area contributed by atoms with E-state index in [0.29, 0.717) is 0 Å². The molecular weight excluding hydrogens is 194 g/mol. The lowest BCUT2D eigenvalue weighted by atomic mass is 10.0. The summed E-state index contributed by atoms with van der Waals surface area (Å²) in [5.74, 6) is 0. The summed E-state index contributed by atoms with van der Waals surface area (Å²) < 4.78 is 24.9. The molecule has 15 heavy (non-hydrogen) atoms. The first-order valence-corrected chi connectivity index (χ1v) is 4.71. The minimum atomic E-state index is -2.41. The Morgan fingerprint density at radius 1 is 0.733 bits per heavy atom. The molecule has 2 heteroatoms. The van der Waals surface area contributed by atoms with Gasteiger partial charge in [0.2, 0.25) is 0 Å². The van der Waals surface area contributed by atoms with Gasteiger partial charge in [0.15, 0.2) is 0 Å². The van der Waals surface area contributed by atoms with Crippen molar-refractivity contribution in [2.75, 3.05) is 0 Å². The van der Waals surface area contributed by atoms with E-state index in [9.17, 15) is 8.78 Å². The van der Waals surface area contributed by atoms with Gasteiger partial charge in [-0.1, -0.05) is 48.5 Å². The summed E-state index contributed by atoms with van der Waals surface area (Å²) in [7, 11) is 0. The molecule has 0 amide bonds. The van der Waals surface area contributed by atoms with Crippen LogP contribution in [0, 0.1) is 0 Å². The lowest BCUT2D eigenvalue weighted by molar-refractivity contribution is 0.151. The van der Waals surface area contributed by atoms with Gasteiger partial charge in [-0.25, -0.2) is 8.78 Å². The first-order valence-electron chi connectivity index (χ1n) is 4.71. The van der Waals surface area contributed by atoms with Crippen molar-refractivity contribution in [1.29, 1.82) is 0 Å². The fourth-order valence-electron chi connectivity index (χ4n) is 1.48. The van der Waals surface area contributed by atoms with Crippen molar-refractivity contribution in [2.24, 2.45) is 0 Å². The summed E-state index contributed by atoms with van der Waals surface area (Å²) in [6, 6.07) is 16.0. The van der Waals surface area contributed by atoms with Gasteiger partial charge in [0.25, 0.3) is 6.43 Å². The topological polar surface area (TPSA) is 0 Å². The van der Waals surface area contributed by atoms with Crippen LogP contribution in [0.2, 0.25) is 0 Å². The summed E-state index contributed by atoms with van der Waals surface area (Å²) in [6.07, 6.45) is -2.41. The average molecular weight is 204 g/mol. The quantitative estimate of drug-likeness (QED) is 0.684. The van der Waals surface area contributed by atoms with Crippen LogP contribution in [-0.4, -0.2) is 0 Å². The van der Waals surface area contributed by atoms with E-state index < -0.39 is 6.43 Å². The molecule has 0 saturated heterocycles. The summed E-state index contributed by atoms with van der Waals surface area (Å²) >= 11 is 0. The molecule has 0 fully saturated rings. The molecule has 0 atom stereocenters. The van der Waals surface area contributed by atoms with Crippen LogP contribution in [0.15, 0.2) is 54.6 Å². The molecule has 0 nitrogen and oxygen atoms in total. The van der Waals surface area contributed by atoms with Gasteiger partial charge in [-0.2, -0.15) is 0 Å². The SMILES string of the molecule is FC(F)c1cccc(-c2ccccc2)c1. The Balaban J connectivity index is 2.42. The largest absolute Gasteiger partial charge is 0.263 e. The Hall–Kier alpha value is -1.70. The maximum atomic E-state index is 12.5. The smallest absolute Gasteiger partial charge is 0.205 e. The number of hydrogen-bond acceptors (Lipinski definition) is 0. The molecule has 0 radical (unpaired) electrons. The highest BCUT2D eigenvalue weighted by atomic mass is 19.3. The Morgan fingerprint density at radius 3 is 2.07 bits per heavy atom. The summed E-state index contributed by atoms with van der Waals surface area (Å²) in [4.78, 5) is 0. The Bertz CT molecular complexity index is 435. The zero-order valence-corrected chi connectivity index (χ0v) is 8.03. The van der Waals surface area contributed by atoms with Crippen molar-refractivity contribution in [2.45, 2.75) is 6.43 Å². The van der Waals surface area contributed by atoms with Crippen molar-refractivity contribution in [3.63, 3.8) is 0 Å². The zero-order valence-electron chi connectivity index (χ0n) is 8.03. The minimum Gasteiger partial charge on any atom is -0.205 e. The highest BCUT2D eigenvalue weighted by Crippen LogP contribution is 2.25. The molecular formula is C13H10F2. The fraction of sp³-hybridized carbons (Fsp3) is 0.0769. The van der Waals surface area contributed by atoms with Gasteiger partial charge in [-0.3, -0.25) is 0 Å². The molecule has 0 heterocycles. The predicted octanol–water partition coefficient (Wildman–Crippen LogP) is 4.29. The highest BCUT2D eigenvalue weighted by molar-refractivity contribution is 5.63. The second-order valence-corrected chi connectivity index (χ2v) is 3.29. The van der Waals surface area contributed by atoms with Crippen molar-refractivity contribution in [3.05, 3.63) is 60.2 Å². The zero-order chi connectivity index (χ0) is 10.7. The van der Waals surface area contributed by atoms with E-state index >= 15 is 0 Å². The Kier molecular flexibility index (Phi) is 2.77. The summed E-state index contributed by atoms with van der Waals surface area (Å²) in [6.45, 7) is 0. The van der Waals surface area contributed by atoms with Crippen LogP contribution in [0.4, 0.5) is 8.78 Å². The lowest BCUT2D eigenvalue weighted by Gasteiger charge is -2.04. The van der Waals surface area contributed by atoms with Crippen molar-refractivity contribution < 1.29 is 8.78 Å². The first kappa shape index (κ1) is 9.84. The molecule has 0 N–H and O–H groups in total. The number of hydrogen-bond donors (Lipinski definition) is 0. The molecule has 2 aromatic rings. The average Bonchev–Trinajstić information content (AvgIpc) is 2.30. The lowest BCUT2D eigenvalue weighted by Crippen LogP contribution is -1.84. The highest BCUT2D eigenvalue weighted by Gasteiger charge is 2.07. The van der Waals surface area contributed by atoms with Crippen molar-refractivity contribution in [3.8, 4) is 11.1 Å². The molecule has 0 bridgehead atoms. The first-order chi connectivity index (χ1) is 7.27. The number of rotatable bonds is 2. The fourth-order valence-corrected chi connectivity index (χ4v) is 1.48. The third-order valence-electron chi connectivity index (χ3n) is 2.25. The van der Waals surface area contributed by atoms with E-state index in [1.807, 2.05) is 36.4 Å². The summed E-state index contributed by atoms with van der Waals surface area (Å²) in [5, 5.41) is 0. The molecule has 0 aromatic heterocycles. The maximum Gasteiger partial charge on any atom is 0.263 e. The molecule has 2 rings (SSSR count). The maximum absolute atomic E-state index is 12.5. The van der Waals surface area contributed by atoms with Gasteiger partial charge in [-0.05, 0) is 17.2 Å². The Labute approximate surface area is 87.2 Å². The molecule has 76 valence electrons. The van der Waals surface area contributed by atoms with E-state index in [0.717, 1.165) is 11.1 Å². The van der Waals surface area contributed by atoms with Gasteiger partial charge in [0.05, 0.1) is 0 Å². The standard InChI is InChI=1S/C13H10F2/c14-13(15)12-8-4-7-11(9-12)10-5-2-1-3-6-10/h1-9,13H. The van der Waals surface area contributed by atoms with Gasteiger partial charge in [-0.15, -0.1) is 0 Å². The second-order valence-electron chi connectivity index (χ2n) is 3.29. The van der Waals surface area contributed by atoms with Crippen molar-refractivity contribution >= 4 is 0 Å². The third kappa shape index (κ3) is 2.21. The molecule has 0 aliphatic rings. The van der Waals surface area contributed by atoms with Crippen LogP contribution < -0.4 is 0 Å². The second kappa shape index (κ2) is 4.22. The summed E-state index contributed by atoms with van der Waals surface area (Å²) in [5.41, 5.74) is 1.85. The van der Waals surface area contributed by atoms with Crippen LogP contribution in [0.25, 0.3) is 11.1 Å². The number of benzene rings is 2. The van der Waals surface area contributed by atoms with Gasteiger partial charge in [0.1, 0.15) is 0 Å². The normalized spacial score (nSPS) is 10.6. The minimum absolute atomic E-state index is 0.0661. The van der Waals surface area contributed by atoms with Crippen molar-refractivity contribution in [1.82, 2.24) is 0 Å². The predicted molar refractivity (Wildman–Crippen MR) is 56.8 cm³/mol. The van der Waals surface area contributed by atoms with E-state index in [1.165, 1.54) is 12.1 Å². The van der Waals surface area contributed by atoms with Crippen LogP contribution in [0.5, 0.6) is 0 Å². The van der Waals surface area contributed by atoms with Crippen LogP contribution >= 0.6 is 0 Å². The monoisotopic (exact) mass is 204 g/mol. The third-order valence-corrected chi connectivity index (χ3v) is 2.25. The molecule has 0 spiro atoms. The Morgan fingerprint density at radius 2 is 1.40 bits per heavy atom. The van der Waals surface area contributed by atoms with E-state index in [2.05, 4.69) is 0 Å². The van der Waals surface area contributed by atoms with E-state index in [-0.39, 0.29) is 5.56 Å². The van der Waals surface area contributed by atoms with Gasteiger partial charge in [0, 0.05) is 5.56 Å². The van der Waals surface area contributed by atoms with E-state index in [4.69, 9.17) is 0 Å². The van der Waals surface area contributed by atoms with E-state index in [1.54, 1.807) is 6.07 Å². The van der Waals surface area contributed by atoms with Gasteiger partial charge >= 0.3 is 0 Å². The number of alkyl halides is 2.